The van der Waals surface area contributed by atoms with Gasteiger partial charge < -0.3 is 14.2 Å². The van der Waals surface area contributed by atoms with Gasteiger partial charge in [-0.05, 0) is 56.2 Å². The van der Waals surface area contributed by atoms with Crippen LogP contribution in [0.2, 0.25) is 5.02 Å². The molecule has 0 saturated carbocycles. The molecule has 0 amide bonds. The fourth-order valence-electron chi connectivity index (χ4n) is 4.50. The average molecular weight is 558 g/mol. The molecule has 1 aliphatic rings. The molecule has 1 fully saturated rings. The Morgan fingerprint density at radius 3 is 2.03 bits per heavy atom. The summed E-state index contributed by atoms with van der Waals surface area (Å²) in [4.78, 5) is 27.7. The van der Waals surface area contributed by atoms with E-state index in [9.17, 15) is 18.0 Å². The van der Waals surface area contributed by atoms with Crippen molar-refractivity contribution in [3.8, 4) is 0 Å². The number of carbonyl (C=O) groups is 2. The zero-order valence-electron chi connectivity index (χ0n) is 21.2. The van der Waals surface area contributed by atoms with Crippen molar-refractivity contribution < 1.29 is 32.2 Å². The number of hydrogen-bond acceptors (Lipinski definition) is 7. The highest BCUT2D eigenvalue weighted by Crippen LogP contribution is 2.53. The highest BCUT2D eigenvalue weighted by molar-refractivity contribution is 7.89. The minimum Gasteiger partial charge on any atom is -0.464 e. The molecule has 8 nitrogen and oxygen atoms in total. The van der Waals surface area contributed by atoms with Crippen LogP contribution in [0.3, 0.4) is 0 Å². The van der Waals surface area contributed by atoms with Gasteiger partial charge in [0.15, 0.2) is 6.23 Å². The number of hydrogen-bond donors (Lipinski definition) is 0. The summed E-state index contributed by atoms with van der Waals surface area (Å²) in [6, 6.07) is 20.9. The van der Waals surface area contributed by atoms with Crippen molar-refractivity contribution in [2.24, 2.45) is 0 Å². The van der Waals surface area contributed by atoms with Crippen molar-refractivity contribution in [2.45, 2.75) is 43.5 Å². The van der Waals surface area contributed by atoms with Crippen LogP contribution in [-0.2, 0) is 33.8 Å². The number of ether oxygens (including phenoxy) is 3. The molecule has 3 aromatic rings. The van der Waals surface area contributed by atoms with Gasteiger partial charge in [-0.2, -0.15) is 0 Å². The third-order valence-electron chi connectivity index (χ3n) is 6.19. The van der Waals surface area contributed by atoms with E-state index >= 15 is 0 Å². The Bertz CT molecular complexity index is 1390. The molecule has 0 radical (unpaired) electrons. The lowest BCUT2D eigenvalue weighted by molar-refractivity contribution is -0.172. The van der Waals surface area contributed by atoms with E-state index in [-0.39, 0.29) is 18.1 Å². The van der Waals surface area contributed by atoms with Gasteiger partial charge >= 0.3 is 11.9 Å². The Balaban J connectivity index is 2.09. The maximum absolute atomic E-state index is 14.4. The fourth-order valence-corrected chi connectivity index (χ4v) is 6.46. The van der Waals surface area contributed by atoms with Crippen molar-refractivity contribution in [2.75, 3.05) is 13.2 Å². The van der Waals surface area contributed by atoms with Crippen LogP contribution >= 0.6 is 11.6 Å². The largest absolute Gasteiger partial charge is 0.464 e. The van der Waals surface area contributed by atoms with E-state index in [1.165, 1.54) is 18.2 Å². The SMILES string of the molecule is CCOC(=O)C1(C(=O)OCC)[C@H](c2cccc(Cl)c2)O[C@H](c2ccccc2)N1S(=O)(=O)c1ccc(C)cc1. The standard InChI is InChI=1S/C28H28ClNO7S/c1-4-35-26(31)28(27(32)36-5-2)24(21-12-9-13-22(29)18-21)37-25(20-10-7-6-8-11-20)30(28)38(33,34)23-16-14-19(3)15-17-23/h6-18,24-25H,4-5H2,1-3H3/t24-,25+/m0/s1. The van der Waals surface area contributed by atoms with Crippen molar-refractivity contribution in [3.05, 3.63) is 101 Å². The summed E-state index contributed by atoms with van der Waals surface area (Å²) in [5.74, 6) is -2.23. The summed E-state index contributed by atoms with van der Waals surface area (Å²) < 4.78 is 46.8. The van der Waals surface area contributed by atoms with Gasteiger partial charge in [0.25, 0.3) is 5.54 Å². The van der Waals surface area contributed by atoms with E-state index in [1.807, 2.05) is 6.92 Å². The summed E-state index contributed by atoms with van der Waals surface area (Å²) in [6.45, 7) is 4.72. The topological polar surface area (TPSA) is 99.2 Å². The molecule has 1 heterocycles. The second-order valence-electron chi connectivity index (χ2n) is 8.66. The molecule has 0 unspecified atom stereocenters. The van der Waals surface area contributed by atoms with Crippen LogP contribution in [0.4, 0.5) is 0 Å². The second-order valence-corrected chi connectivity index (χ2v) is 10.9. The van der Waals surface area contributed by atoms with Gasteiger partial charge in [0.1, 0.15) is 6.10 Å². The van der Waals surface area contributed by atoms with Crippen LogP contribution < -0.4 is 0 Å². The molecule has 0 aromatic heterocycles. The normalized spacial score (nSPS) is 19.2. The first kappa shape index (κ1) is 27.8. The van der Waals surface area contributed by atoms with Gasteiger partial charge in [-0.25, -0.2) is 18.0 Å². The molecule has 200 valence electrons. The average Bonchev–Trinajstić information content (AvgIpc) is 3.28. The molecule has 0 N–H and O–H groups in total. The van der Waals surface area contributed by atoms with Crippen molar-refractivity contribution in [3.63, 3.8) is 0 Å². The van der Waals surface area contributed by atoms with Gasteiger partial charge in [-0.15, -0.1) is 4.31 Å². The first-order chi connectivity index (χ1) is 18.2. The number of sulfonamides is 1. The van der Waals surface area contributed by atoms with Gasteiger partial charge in [0.05, 0.1) is 18.1 Å². The lowest BCUT2D eigenvalue weighted by atomic mass is 9.88. The van der Waals surface area contributed by atoms with Crippen molar-refractivity contribution in [1.29, 1.82) is 0 Å². The molecule has 3 aromatic carbocycles. The molecular formula is C28H28ClNO7S. The Hall–Kier alpha value is -3.24. The molecule has 1 saturated heterocycles. The minimum atomic E-state index is -4.56. The quantitative estimate of drug-likeness (QED) is 0.285. The van der Waals surface area contributed by atoms with Gasteiger partial charge in [-0.3, -0.25) is 0 Å². The number of rotatable bonds is 8. The first-order valence-electron chi connectivity index (χ1n) is 12.1. The number of nitrogens with zero attached hydrogens (tertiary/aromatic N) is 1. The zero-order valence-corrected chi connectivity index (χ0v) is 22.7. The smallest absolute Gasteiger partial charge is 0.342 e. The van der Waals surface area contributed by atoms with Gasteiger partial charge in [0, 0.05) is 5.02 Å². The van der Waals surface area contributed by atoms with E-state index in [0.717, 1.165) is 9.87 Å². The number of aryl methyl sites for hydroxylation is 1. The molecule has 0 aliphatic carbocycles. The Labute approximate surface area is 227 Å². The summed E-state index contributed by atoms with van der Waals surface area (Å²) in [5.41, 5.74) is -1.01. The number of benzene rings is 3. The first-order valence-corrected chi connectivity index (χ1v) is 13.9. The second kappa shape index (κ2) is 11.2. The molecule has 0 spiro atoms. The van der Waals surface area contributed by atoms with Crippen LogP contribution in [0.5, 0.6) is 0 Å². The third-order valence-corrected chi connectivity index (χ3v) is 8.29. The zero-order chi connectivity index (χ0) is 27.5. The van der Waals surface area contributed by atoms with E-state index in [4.69, 9.17) is 25.8 Å². The maximum Gasteiger partial charge on any atom is 0.342 e. The Morgan fingerprint density at radius 1 is 0.895 bits per heavy atom. The van der Waals surface area contributed by atoms with E-state index in [1.54, 1.807) is 74.5 Å². The molecule has 10 heteroatoms. The van der Waals surface area contributed by atoms with Crippen LogP contribution in [0.1, 0.15) is 42.9 Å². The number of carbonyl (C=O) groups excluding carboxylic acids is 2. The highest BCUT2D eigenvalue weighted by atomic mass is 35.5. The summed E-state index contributed by atoms with van der Waals surface area (Å²) >= 11 is 6.27. The highest BCUT2D eigenvalue weighted by Gasteiger charge is 2.71. The molecule has 38 heavy (non-hydrogen) atoms. The third kappa shape index (κ3) is 4.82. The predicted molar refractivity (Wildman–Crippen MR) is 141 cm³/mol. The van der Waals surface area contributed by atoms with E-state index < -0.39 is 39.8 Å². The van der Waals surface area contributed by atoms with Crippen LogP contribution in [0.15, 0.2) is 83.8 Å². The molecule has 0 bridgehead atoms. The molecule has 1 aliphatic heterocycles. The molecular weight excluding hydrogens is 530 g/mol. The van der Waals surface area contributed by atoms with Gasteiger partial charge in [0.2, 0.25) is 10.0 Å². The van der Waals surface area contributed by atoms with Gasteiger partial charge in [-0.1, -0.05) is 71.8 Å². The number of esters is 2. The van der Waals surface area contributed by atoms with E-state index in [2.05, 4.69) is 0 Å². The molecule has 4 rings (SSSR count). The molecule has 2 atom stereocenters. The van der Waals surface area contributed by atoms with Crippen LogP contribution in [0.25, 0.3) is 0 Å². The number of halogens is 1. The summed E-state index contributed by atoms with van der Waals surface area (Å²) in [6.07, 6.45) is -2.81. The van der Waals surface area contributed by atoms with Crippen LogP contribution in [0, 0.1) is 6.92 Å². The van der Waals surface area contributed by atoms with Crippen molar-refractivity contribution >= 4 is 33.6 Å². The Kier molecular flexibility index (Phi) is 8.22. The lowest BCUT2D eigenvalue weighted by Crippen LogP contribution is -2.62. The Morgan fingerprint density at radius 2 is 1.47 bits per heavy atom. The maximum atomic E-state index is 14.4. The monoisotopic (exact) mass is 557 g/mol. The van der Waals surface area contributed by atoms with E-state index in [0.29, 0.717) is 16.1 Å². The fraction of sp³-hybridized carbons (Fsp3) is 0.286. The predicted octanol–water partition coefficient (Wildman–Crippen LogP) is 4.97. The summed E-state index contributed by atoms with van der Waals surface area (Å²) in [7, 11) is -4.56. The van der Waals surface area contributed by atoms with Crippen molar-refractivity contribution in [1.82, 2.24) is 4.31 Å². The minimum absolute atomic E-state index is 0.114. The lowest BCUT2D eigenvalue weighted by Gasteiger charge is -2.36. The van der Waals surface area contributed by atoms with Crippen LogP contribution in [-0.4, -0.2) is 43.4 Å². The summed E-state index contributed by atoms with van der Waals surface area (Å²) in [5, 5.41) is 0.309.